The van der Waals surface area contributed by atoms with E-state index in [9.17, 15) is 10.1 Å². The third-order valence-corrected chi connectivity index (χ3v) is 6.04. The summed E-state index contributed by atoms with van der Waals surface area (Å²) in [5.41, 5.74) is 4.48. The highest BCUT2D eigenvalue weighted by Gasteiger charge is 2.38. The Morgan fingerprint density at radius 2 is 1.83 bits per heavy atom. The average molecular weight is 398 g/mol. The maximum atomic E-state index is 11.2. The van der Waals surface area contributed by atoms with Crippen LogP contribution in [0.1, 0.15) is 35.1 Å². The van der Waals surface area contributed by atoms with Crippen molar-refractivity contribution in [3.05, 3.63) is 112 Å². The normalized spacial score (nSPS) is 21.4. The van der Waals surface area contributed by atoms with Gasteiger partial charge >= 0.3 is 0 Å². The molecule has 0 fully saturated rings. The molecule has 5 nitrogen and oxygen atoms in total. The molecular formula is C25H22N2O3. The average Bonchev–Trinajstić information content (AvgIpc) is 3.28. The van der Waals surface area contributed by atoms with Gasteiger partial charge in [-0.15, -0.1) is 0 Å². The standard InChI is InChI=1S/C25H22N2O3/c28-27(29)19-11-14-24-23(15-19)21-7-4-8-22(21)25(26-24)18-9-12-20(13-10-18)30-16-17-5-2-1-3-6-17/h1-7,9-15,21-22,25-26H,8,16H2/t21-,22+,25+/m1/s1. The highest BCUT2D eigenvalue weighted by Crippen LogP contribution is 2.50. The number of nitrogens with zero attached hydrogens (tertiary/aromatic N) is 1. The van der Waals surface area contributed by atoms with E-state index in [0.717, 1.165) is 29.0 Å². The maximum Gasteiger partial charge on any atom is 0.269 e. The first-order valence-electron chi connectivity index (χ1n) is 10.2. The Kier molecular flexibility index (Phi) is 4.71. The van der Waals surface area contributed by atoms with Gasteiger partial charge < -0.3 is 10.1 Å². The molecule has 0 saturated carbocycles. The van der Waals surface area contributed by atoms with Crippen molar-refractivity contribution >= 4 is 11.4 Å². The van der Waals surface area contributed by atoms with Crippen molar-refractivity contribution in [3.8, 4) is 5.75 Å². The number of hydrogen-bond donors (Lipinski definition) is 1. The van der Waals surface area contributed by atoms with Crippen LogP contribution in [0.3, 0.4) is 0 Å². The molecule has 5 rings (SSSR count). The van der Waals surface area contributed by atoms with Gasteiger partial charge in [0, 0.05) is 23.7 Å². The number of allylic oxidation sites excluding steroid dienone is 2. The van der Waals surface area contributed by atoms with Gasteiger partial charge in [-0.1, -0.05) is 54.6 Å². The number of benzene rings is 3. The molecule has 3 aromatic rings. The first-order chi connectivity index (χ1) is 14.7. The number of rotatable bonds is 5. The monoisotopic (exact) mass is 398 g/mol. The molecule has 1 heterocycles. The first kappa shape index (κ1) is 18.4. The van der Waals surface area contributed by atoms with E-state index < -0.39 is 0 Å². The number of anilines is 1. The zero-order valence-corrected chi connectivity index (χ0v) is 16.4. The lowest BCUT2D eigenvalue weighted by Gasteiger charge is -2.37. The van der Waals surface area contributed by atoms with Gasteiger partial charge in [-0.3, -0.25) is 10.1 Å². The molecule has 5 heteroatoms. The molecule has 1 aliphatic carbocycles. The van der Waals surface area contributed by atoms with Crippen molar-refractivity contribution in [1.82, 2.24) is 0 Å². The Labute approximate surface area is 175 Å². The second-order valence-corrected chi connectivity index (χ2v) is 7.85. The Balaban J connectivity index is 1.36. The van der Waals surface area contributed by atoms with E-state index >= 15 is 0 Å². The molecule has 0 bridgehead atoms. The van der Waals surface area contributed by atoms with E-state index in [4.69, 9.17) is 4.74 Å². The van der Waals surface area contributed by atoms with Crippen LogP contribution in [0.25, 0.3) is 0 Å². The predicted molar refractivity (Wildman–Crippen MR) is 117 cm³/mol. The van der Waals surface area contributed by atoms with E-state index in [0.29, 0.717) is 12.5 Å². The summed E-state index contributed by atoms with van der Waals surface area (Å²) in [6, 6.07) is 23.7. The predicted octanol–water partition coefficient (Wildman–Crippen LogP) is 6.00. The van der Waals surface area contributed by atoms with Gasteiger partial charge in [0.15, 0.2) is 0 Å². The number of nitrogens with one attached hydrogen (secondary N) is 1. The van der Waals surface area contributed by atoms with Crippen molar-refractivity contribution in [2.75, 3.05) is 5.32 Å². The number of nitro groups is 1. The van der Waals surface area contributed by atoms with Gasteiger partial charge in [0.05, 0.1) is 11.0 Å². The third-order valence-electron chi connectivity index (χ3n) is 6.04. The summed E-state index contributed by atoms with van der Waals surface area (Å²) >= 11 is 0. The molecule has 150 valence electrons. The molecular weight excluding hydrogens is 376 g/mol. The molecule has 1 N–H and O–H groups in total. The highest BCUT2D eigenvalue weighted by molar-refractivity contribution is 5.63. The lowest BCUT2D eigenvalue weighted by molar-refractivity contribution is -0.384. The lowest BCUT2D eigenvalue weighted by Crippen LogP contribution is -2.29. The van der Waals surface area contributed by atoms with Crippen LogP contribution in [0.4, 0.5) is 11.4 Å². The van der Waals surface area contributed by atoms with Crippen molar-refractivity contribution in [3.63, 3.8) is 0 Å². The molecule has 3 atom stereocenters. The molecule has 0 unspecified atom stereocenters. The van der Waals surface area contributed by atoms with Gasteiger partial charge in [-0.05, 0) is 47.2 Å². The number of nitro benzene ring substituents is 1. The number of ether oxygens (including phenoxy) is 1. The van der Waals surface area contributed by atoms with Crippen LogP contribution in [0.15, 0.2) is 84.9 Å². The minimum Gasteiger partial charge on any atom is -0.489 e. The van der Waals surface area contributed by atoms with Crippen LogP contribution in [0, 0.1) is 16.0 Å². The minimum atomic E-state index is -0.325. The van der Waals surface area contributed by atoms with Gasteiger partial charge in [-0.2, -0.15) is 0 Å². The smallest absolute Gasteiger partial charge is 0.269 e. The van der Waals surface area contributed by atoms with E-state index in [1.165, 1.54) is 5.56 Å². The Bertz CT molecular complexity index is 1090. The molecule has 0 saturated heterocycles. The van der Waals surface area contributed by atoms with Crippen LogP contribution in [-0.4, -0.2) is 4.92 Å². The summed E-state index contributed by atoms with van der Waals surface area (Å²) in [5.74, 6) is 1.38. The summed E-state index contributed by atoms with van der Waals surface area (Å²) in [4.78, 5) is 10.9. The summed E-state index contributed by atoms with van der Waals surface area (Å²) in [5, 5.41) is 14.8. The first-order valence-corrected chi connectivity index (χ1v) is 10.2. The van der Waals surface area contributed by atoms with Crippen molar-refractivity contribution in [1.29, 1.82) is 0 Å². The van der Waals surface area contributed by atoms with Crippen LogP contribution in [0.2, 0.25) is 0 Å². The van der Waals surface area contributed by atoms with Crippen molar-refractivity contribution in [2.45, 2.75) is 25.0 Å². The number of non-ortho nitro benzene ring substituents is 1. The second kappa shape index (κ2) is 7.67. The Hall–Kier alpha value is -3.60. The molecule has 2 aliphatic rings. The second-order valence-electron chi connectivity index (χ2n) is 7.85. The zero-order valence-electron chi connectivity index (χ0n) is 16.4. The summed E-state index contributed by atoms with van der Waals surface area (Å²) in [6.07, 6.45) is 5.34. The van der Waals surface area contributed by atoms with Gasteiger partial charge in [-0.25, -0.2) is 0 Å². The molecule has 0 amide bonds. The van der Waals surface area contributed by atoms with E-state index in [1.54, 1.807) is 12.1 Å². The van der Waals surface area contributed by atoms with Crippen molar-refractivity contribution < 1.29 is 9.66 Å². The topological polar surface area (TPSA) is 64.4 Å². The Morgan fingerprint density at radius 3 is 2.60 bits per heavy atom. The van der Waals surface area contributed by atoms with E-state index in [-0.39, 0.29) is 22.6 Å². The van der Waals surface area contributed by atoms with Crippen LogP contribution >= 0.6 is 0 Å². The quantitative estimate of drug-likeness (QED) is 0.325. The van der Waals surface area contributed by atoms with Gasteiger partial charge in [0.2, 0.25) is 0 Å². The van der Waals surface area contributed by atoms with E-state index in [1.807, 2.05) is 36.4 Å². The van der Waals surface area contributed by atoms with E-state index in [2.05, 4.69) is 41.7 Å². The Morgan fingerprint density at radius 1 is 1.03 bits per heavy atom. The molecule has 30 heavy (non-hydrogen) atoms. The van der Waals surface area contributed by atoms with Crippen LogP contribution in [-0.2, 0) is 6.61 Å². The van der Waals surface area contributed by atoms with Crippen LogP contribution < -0.4 is 10.1 Å². The largest absolute Gasteiger partial charge is 0.489 e. The number of fused-ring (bicyclic) bond motifs is 3. The fourth-order valence-corrected chi connectivity index (χ4v) is 4.54. The van der Waals surface area contributed by atoms with Gasteiger partial charge in [0.1, 0.15) is 12.4 Å². The molecule has 0 aromatic heterocycles. The lowest BCUT2D eigenvalue weighted by atomic mass is 9.77. The summed E-state index contributed by atoms with van der Waals surface area (Å²) in [7, 11) is 0. The summed E-state index contributed by atoms with van der Waals surface area (Å²) < 4.78 is 5.92. The van der Waals surface area contributed by atoms with Gasteiger partial charge in [0.25, 0.3) is 5.69 Å². The maximum absolute atomic E-state index is 11.2. The number of hydrogen-bond acceptors (Lipinski definition) is 4. The van der Waals surface area contributed by atoms with Crippen LogP contribution in [0.5, 0.6) is 5.75 Å². The highest BCUT2D eigenvalue weighted by atomic mass is 16.6. The minimum absolute atomic E-state index is 0.146. The fourth-order valence-electron chi connectivity index (χ4n) is 4.54. The fraction of sp³-hybridized carbons (Fsp3) is 0.200. The molecule has 0 spiro atoms. The molecule has 3 aromatic carbocycles. The molecule has 0 radical (unpaired) electrons. The van der Waals surface area contributed by atoms with Crippen molar-refractivity contribution in [2.24, 2.45) is 5.92 Å². The molecule has 1 aliphatic heterocycles. The zero-order chi connectivity index (χ0) is 20.5. The SMILES string of the molecule is O=[N+]([O-])c1ccc2c(c1)[C@@H]1C=CC[C@@H]1[C@H](c1ccc(OCc3ccccc3)cc1)N2. The third kappa shape index (κ3) is 3.43. The summed E-state index contributed by atoms with van der Waals surface area (Å²) in [6.45, 7) is 0.544.